The number of amides is 2. The highest BCUT2D eigenvalue weighted by atomic mass is 32.2. The molecule has 4 atom stereocenters. The average molecular weight is 434 g/mol. The Morgan fingerprint density at radius 3 is 2.60 bits per heavy atom. The second-order valence-electron chi connectivity index (χ2n) is 10.7. The normalized spacial score (nSPS) is 34.3. The number of nitrogens with zero attached hydrogens (tertiary/aromatic N) is 3. The molecule has 2 saturated carbocycles. The van der Waals surface area contributed by atoms with Crippen molar-refractivity contribution in [1.29, 1.82) is 0 Å². The zero-order valence-corrected chi connectivity index (χ0v) is 19.9. The number of piperidine rings is 1. The number of rotatable bonds is 8. The van der Waals surface area contributed by atoms with E-state index in [-0.39, 0.29) is 10.7 Å². The molecule has 30 heavy (non-hydrogen) atoms. The Hall–Kier alpha value is -0.880. The van der Waals surface area contributed by atoms with Gasteiger partial charge in [-0.1, -0.05) is 18.2 Å². The second kappa shape index (κ2) is 9.32. The number of hydrogen-bond acceptors (Lipinski definition) is 4. The molecule has 2 bridgehead atoms. The van der Waals surface area contributed by atoms with Crippen LogP contribution in [0.3, 0.4) is 0 Å². The molecule has 3 fully saturated rings. The molecule has 0 radical (unpaired) electrons. The van der Waals surface area contributed by atoms with Crippen molar-refractivity contribution in [2.24, 2.45) is 28.7 Å². The lowest BCUT2D eigenvalue weighted by atomic mass is 9.86. The van der Waals surface area contributed by atoms with Gasteiger partial charge in [0.25, 0.3) is 5.91 Å². The first-order chi connectivity index (χ1) is 14.3. The number of hydrogen-bond donors (Lipinski definition) is 0. The van der Waals surface area contributed by atoms with E-state index in [1.54, 1.807) is 11.8 Å². The van der Waals surface area contributed by atoms with Crippen LogP contribution in [0.2, 0.25) is 0 Å². The Kier molecular flexibility index (Phi) is 6.93. The molecule has 0 aromatic carbocycles. The van der Waals surface area contributed by atoms with E-state index in [0.29, 0.717) is 18.2 Å². The summed E-state index contributed by atoms with van der Waals surface area (Å²) >= 11 is 1.77. The average Bonchev–Trinajstić information content (AvgIpc) is 3.37. The minimum atomic E-state index is -0.379. The van der Waals surface area contributed by atoms with Crippen LogP contribution < -0.4 is 0 Å². The highest BCUT2D eigenvalue weighted by molar-refractivity contribution is 8.16. The summed E-state index contributed by atoms with van der Waals surface area (Å²) < 4.78 is -0.379. The molecule has 2 aliphatic heterocycles. The van der Waals surface area contributed by atoms with Gasteiger partial charge in [0.1, 0.15) is 4.75 Å². The van der Waals surface area contributed by atoms with Crippen LogP contribution >= 0.6 is 11.8 Å². The van der Waals surface area contributed by atoms with E-state index in [1.165, 1.54) is 25.7 Å². The molecule has 4 aliphatic rings. The molecule has 2 aliphatic carbocycles. The summed E-state index contributed by atoms with van der Waals surface area (Å²) in [6.45, 7) is 4.76. The van der Waals surface area contributed by atoms with Gasteiger partial charge in [0.15, 0.2) is 0 Å². The second-order valence-corrected chi connectivity index (χ2v) is 12.3. The third-order valence-corrected chi connectivity index (χ3v) is 9.27. The smallest absolute Gasteiger partial charge is 0.262 e. The fourth-order valence-electron chi connectivity index (χ4n) is 6.27. The van der Waals surface area contributed by atoms with Crippen molar-refractivity contribution < 1.29 is 9.59 Å². The van der Waals surface area contributed by atoms with Gasteiger partial charge in [-0.25, -0.2) is 4.99 Å². The fourth-order valence-corrected chi connectivity index (χ4v) is 7.67. The highest BCUT2D eigenvalue weighted by Crippen LogP contribution is 2.51. The van der Waals surface area contributed by atoms with E-state index in [2.05, 4.69) is 16.8 Å². The van der Waals surface area contributed by atoms with Crippen LogP contribution in [0.15, 0.2) is 4.99 Å². The molecule has 1 saturated heterocycles. The van der Waals surface area contributed by atoms with E-state index >= 15 is 0 Å². The quantitative estimate of drug-likeness (QED) is 0.575. The van der Waals surface area contributed by atoms with E-state index in [1.807, 2.05) is 19.0 Å². The van der Waals surface area contributed by atoms with Gasteiger partial charge in [0.2, 0.25) is 5.91 Å². The molecule has 0 spiro atoms. The SMILES string of the molecule is CN(C)CCCC(=O)N1CCC(CC2(C)SC(C[C@H]3C[C@@H]4CC[C@H]3C4)=NC2=O)CC1. The molecule has 2 amide bonds. The number of carbonyl (C=O) groups is 2. The van der Waals surface area contributed by atoms with Gasteiger partial charge in [0.05, 0.1) is 5.04 Å². The van der Waals surface area contributed by atoms with Crippen LogP contribution in [0.1, 0.15) is 71.1 Å². The molecule has 2 heterocycles. The Balaban J connectivity index is 1.21. The molecular weight excluding hydrogens is 394 g/mol. The maximum absolute atomic E-state index is 12.8. The lowest BCUT2D eigenvalue weighted by Gasteiger charge is -2.35. The van der Waals surface area contributed by atoms with Crippen molar-refractivity contribution in [3.8, 4) is 0 Å². The summed E-state index contributed by atoms with van der Waals surface area (Å²) in [6.07, 6.45) is 11.1. The Morgan fingerprint density at radius 2 is 1.97 bits per heavy atom. The topological polar surface area (TPSA) is 53.0 Å². The monoisotopic (exact) mass is 433 g/mol. The highest BCUT2D eigenvalue weighted by Gasteiger charge is 2.45. The van der Waals surface area contributed by atoms with Crippen LogP contribution in [0.4, 0.5) is 0 Å². The molecule has 0 N–H and O–H groups in total. The van der Waals surface area contributed by atoms with Gasteiger partial charge in [0, 0.05) is 19.5 Å². The predicted molar refractivity (Wildman–Crippen MR) is 124 cm³/mol. The third kappa shape index (κ3) is 5.12. The minimum Gasteiger partial charge on any atom is -0.343 e. The zero-order chi connectivity index (χ0) is 21.3. The Morgan fingerprint density at radius 1 is 1.20 bits per heavy atom. The zero-order valence-electron chi connectivity index (χ0n) is 19.1. The molecule has 0 aromatic rings. The van der Waals surface area contributed by atoms with Crippen molar-refractivity contribution in [3.63, 3.8) is 0 Å². The first-order valence-electron chi connectivity index (χ1n) is 12.1. The van der Waals surface area contributed by atoms with Gasteiger partial charge >= 0.3 is 0 Å². The number of likely N-dealkylation sites (tertiary alicyclic amines) is 1. The summed E-state index contributed by atoms with van der Waals surface area (Å²) in [5.41, 5.74) is 0. The van der Waals surface area contributed by atoms with Crippen molar-refractivity contribution in [1.82, 2.24) is 9.80 Å². The summed E-state index contributed by atoms with van der Waals surface area (Å²) in [5, 5.41) is 1.11. The summed E-state index contributed by atoms with van der Waals surface area (Å²) in [7, 11) is 4.09. The molecule has 1 unspecified atom stereocenters. The van der Waals surface area contributed by atoms with Gasteiger partial charge in [-0.05, 0) is 103 Å². The van der Waals surface area contributed by atoms with Crippen LogP contribution in [0, 0.1) is 23.7 Å². The van der Waals surface area contributed by atoms with Crippen LogP contribution in [-0.4, -0.2) is 65.1 Å². The first kappa shape index (κ1) is 22.3. The fraction of sp³-hybridized carbons (Fsp3) is 0.875. The van der Waals surface area contributed by atoms with Gasteiger partial charge in [-0.3, -0.25) is 9.59 Å². The standard InChI is InChI=1S/C24H39N3O2S/c1-24(16-17-8-11-27(12-9-17)22(28)5-4-10-26(2)3)23(29)25-21(30-24)15-20-14-18-6-7-19(20)13-18/h17-20H,4-16H2,1-3H3/t18-,19+,20-,24?/m1/s1. The van der Waals surface area contributed by atoms with E-state index in [0.717, 1.165) is 74.5 Å². The maximum atomic E-state index is 12.8. The summed E-state index contributed by atoms with van der Waals surface area (Å²) in [5.74, 6) is 3.52. The Labute approximate surface area is 186 Å². The molecule has 4 rings (SSSR count). The van der Waals surface area contributed by atoms with Crippen molar-refractivity contribution in [2.75, 3.05) is 33.7 Å². The van der Waals surface area contributed by atoms with Gasteiger partial charge in [-0.15, -0.1) is 0 Å². The molecular formula is C24H39N3O2S. The number of aliphatic imine (C=N–C) groups is 1. The van der Waals surface area contributed by atoms with Crippen LogP contribution in [0.5, 0.6) is 0 Å². The van der Waals surface area contributed by atoms with E-state index in [4.69, 9.17) is 0 Å². The van der Waals surface area contributed by atoms with Gasteiger partial charge in [-0.2, -0.15) is 0 Å². The number of fused-ring (bicyclic) bond motifs is 2. The van der Waals surface area contributed by atoms with E-state index < -0.39 is 0 Å². The first-order valence-corrected chi connectivity index (χ1v) is 12.9. The van der Waals surface area contributed by atoms with Crippen molar-refractivity contribution in [3.05, 3.63) is 0 Å². The third-order valence-electron chi connectivity index (χ3n) is 7.98. The molecule has 168 valence electrons. The number of thioether (sulfide) groups is 1. The minimum absolute atomic E-state index is 0.0906. The Bertz CT molecular complexity index is 686. The van der Waals surface area contributed by atoms with Crippen LogP contribution in [0.25, 0.3) is 0 Å². The lowest BCUT2D eigenvalue weighted by molar-refractivity contribution is -0.133. The maximum Gasteiger partial charge on any atom is 0.262 e. The largest absolute Gasteiger partial charge is 0.343 e. The van der Waals surface area contributed by atoms with E-state index in [9.17, 15) is 9.59 Å². The molecule has 6 heteroatoms. The number of carbonyl (C=O) groups excluding carboxylic acids is 2. The van der Waals surface area contributed by atoms with Crippen molar-refractivity contribution >= 4 is 28.6 Å². The summed E-state index contributed by atoms with van der Waals surface area (Å²) in [6, 6.07) is 0. The molecule has 5 nitrogen and oxygen atoms in total. The molecule has 0 aromatic heterocycles. The predicted octanol–water partition coefficient (Wildman–Crippen LogP) is 4.21. The van der Waals surface area contributed by atoms with Crippen molar-refractivity contribution in [2.45, 2.75) is 75.9 Å². The lowest BCUT2D eigenvalue weighted by Crippen LogP contribution is -2.41. The summed E-state index contributed by atoms with van der Waals surface area (Å²) in [4.78, 5) is 33.9. The van der Waals surface area contributed by atoms with Crippen LogP contribution in [-0.2, 0) is 9.59 Å². The van der Waals surface area contributed by atoms with Gasteiger partial charge < -0.3 is 9.80 Å².